The van der Waals surface area contributed by atoms with Gasteiger partial charge in [-0.1, -0.05) is 62.4 Å². The van der Waals surface area contributed by atoms with E-state index in [1.54, 1.807) is 14.0 Å². The Kier molecular flexibility index (Phi) is 9.13. The molecule has 4 rings (SSSR count). The molecular weight excluding hydrogens is 456 g/mol. The van der Waals surface area contributed by atoms with Gasteiger partial charge in [-0.25, -0.2) is 4.98 Å². The second-order valence-corrected chi connectivity index (χ2v) is 9.12. The summed E-state index contributed by atoms with van der Waals surface area (Å²) in [5, 5.41) is 0. The average molecular weight is 491 g/mol. The lowest BCUT2D eigenvalue weighted by Crippen LogP contribution is -2.42. The molecule has 0 saturated carbocycles. The third-order valence-electron chi connectivity index (χ3n) is 6.37. The highest BCUT2D eigenvalue weighted by Crippen LogP contribution is 2.33. The Morgan fingerprint density at radius 3 is 2.17 bits per heavy atom. The normalized spacial score (nSPS) is 15.8. The summed E-state index contributed by atoms with van der Waals surface area (Å²) in [6.07, 6.45) is 3.50. The first-order chi connectivity index (χ1) is 17.3. The summed E-state index contributed by atoms with van der Waals surface area (Å²) in [6, 6.07) is 15.8. The molecule has 2 heterocycles. The van der Waals surface area contributed by atoms with Crippen molar-refractivity contribution < 1.29 is 19.1 Å². The minimum absolute atomic E-state index is 0.0353. The predicted molar refractivity (Wildman–Crippen MR) is 139 cm³/mol. The number of carbonyl (C=O) groups excluding carboxylic acids is 3. The average Bonchev–Trinajstić information content (AvgIpc) is 3.55. The van der Waals surface area contributed by atoms with Crippen molar-refractivity contribution in [2.45, 2.75) is 45.8 Å². The van der Waals surface area contributed by atoms with Gasteiger partial charge in [0.2, 0.25) is 6.41 Å². The Morgan fingerprint density at radius 1 is 1.08 bits per heavy atom. The minimum atomic E-state index is -0.433. The molecule has 0 bridgehead atoms. The van der Waals surface area contributed by atoms with E-state index in [1.807, 2.05) is 49.2 Å². The molecule has 1 saturated heterocycles. The number of aromatic amines is 1. The maximum Gasteiger partial charge on any atom is 0.252 e. The van der Waals surface area contributed by atoms with Crippen molar-refractivity contribution in [2.24, 2.45) is 11.7 Å². The first kappa shape index (κ1) is 26.8. The quantitative estimate of drug-likeness (QED) is 0.376. The summed E-state index contributed by atoms with van der Waals surface area (Å²) in [5.41, 5.74) is 8.99. The number of nitrogens with two attached hydrogens (primary N) is 1. The number of Topliss-reactive ketones (excluding diaryl/α,β-unsaturated/α-hetero) is 1. The smallest absolute Gasteiger partial charge is 0.252 e. The van der Waals surface area contributed by atoms with E-state index >= 15 is 0 Å². The SMILES string of the molecule is CO[C@H](C(=O)N1CCCC1c1ncc(-c2ccc(-c3ccc(C(C)=O)cc3)cc2)[nH]1)C(C)C.NC=O. The van der Waals surface area contributed by atoms with Gasteiger partial charge in [0, 0.05) is 19.2 Å². The Labute approximate surface area is 211 Å². The van der Waals surface area contributed by atoms with Crippen molar-refractivity contribution in [1.82, 2.24) is 14.9 Å². The number of benzene rings is 2. The third-order valence-corrected chi connectivity index (χ3v) is 6.37. The fourth-order valence-corrected chi connectivity index (χ4v) is 4.53. The summed E-state index contributed by atoms with van der Waals surface area (Å²) in [6.45, 7) is 6.31. The number of likely N-dealkylation sites (tertiary alicyclic amines) is 1. The number of hydrogen-bond donors (Lipinski definition) is 2. The largest absolute Gasteiger partial charge is 0.372 e. The van der Waals surface area contributed by atoms with E-state index in [2.05, 4.69) is 40.0 Å². The monoisotopic (exact) mass is 490 g/mol. The molecule has 190 valence electrons. The van der Waals surface area contributed by atoms with Crippen LogP contribution >= 0.6 is 0 Å². The number of nitrogens with zero attached hydrogens (tertiary/aromatic N) is 2. The van der Waals surface area contributed by atoms with Gasteiger partial charge in [-0.3, -0.25) is 14.4 Å². The van der Waals surface area contributed by atoms with E-state index in [-0.39, 0.29) is 30.1 Å². The summed E-state index contributed by atoms with van der Waals surface area (Å²) >= 11 is 0. The fourth-order valence-electron chi connectivity index (χ4n) is 4.53. The Bertz CT molecular complexity index is 1170. The number of carbonyl (C=O) groups is 3. The number of ketones is 1. The molecule has 2 aromatic carbocycles. The molecule has 1 aliphatic rings. The fraction of sp³-hybridized carbons (Fsp3) is 0.357. The molecular formula is C28H34N4O4. The Hall–Kier alpha value is -3.78. The van der Waals surface area contributed by atoms with Gasteiger partial charge in [-0.05, 0) is 42.4 Å². The van der Waals surface area contributed by atoms with Crippen LogP contribution in [0.5, 0.6) is 0 Å². The van der Waals surface area contributed by atoms with Crippen molar-refractivity contribution in [1.29, 1.82) is 0 Å². The molecule has 3 aromatic rings. The highest BCUT2D eigenvalue weighted by atomic mass is 16.5. The van der Waals surface area contributed by atoms with Gasteiger partial charge in [-0.2, -0.15) is 0 Å². The van der Waals surface area contributed by atoms with Crippen LogP contribution in [-0.4, -0.2) is 52.7 Å². The van der Waals surface area contributed by atoms with E-state index in [4.69, 9.17) is 9.53 Å². The van der Waals surface area contributed by atoms with E-state index in [1.165, 1.54) is 0 Å². The van der Waals surface area contributed by atoms with Crippen LogP contribution in [0.1, 0.15) is 55.8 Å². The zero-order valence-corrected chi connectivity index (χ0v) is 21.2. The van der Waals surface area contributed by atoms with Crippen LogP contribution in [0.3, 0.4) is 0 Å². The molecule has 2 atom stereocenters. The van der Waals surface area contributed by atoms with E-state index in [9.17, 15) is 9.59 Å². The minimum Gasteiger partial charge on any atom is -0.372 e. The van der Waals surface area contributed by atoms with E-state index in [0.717, 1.165) is 47.6 Å². The highest BCUT2D eigenvalue weighted by molar-refractivity contribution is 5.94. The number of aromatic nitrogens is 2. The lowest BCUT2D eigenvalue weighted by atomic mass is 10.0. The second-order valence-electron chi connectivity index (χ2n) is 9.12. The molecule has 0 spiro atoms. The van der Waals surface area contributed by atoms with E-state index < -0.39 is 6.10 Å². The van der Waals surface area contributed by atoms with Crippen LogP contribution in [0.15, 0.2) is 54.7 Å². The maximum atomic E-state index is 13.0. The molecule has 36 heavy (non-hydrogen) atoms. The Balaban J connectivity index is 0.00000115. The van der Waals surface area contributed by atoms with E-state index in [0.29, 0.717) is 5.56 Å². The first-order valence-corrected chi connectivity index (χ1v) is 12.1. The van der Waals surface area contributed by atoms with Crippen molar-refractivity contribution in [2.75, 3.05) is 13.7 Å². The van der Waals surface area contributed by atoms with Crippen LogP contribution in [0.2, 0.25) is 0 Å². The molecule has 0 aliphatic carbocycles. The number of ether oxygens (including phenoxy) is 1. The number of nitrogens with one attached hydrogen (secondary N) is 1. The van der Waals surface area contributed by atoms with Gasteiger partial charge in [-0.15, -0.1) is 0 Å². The first-order valence-electron chi connectivity index (χ1n) is 12.1. The van der Waals surface area contributed by atoms with Crippen LogP contribution in [-0.2, 0) is 14.3 Å². The number of imidazole rings is 1. The van der Waals surface area contributed by atoms with Crippen LogP contribution < -0.4 is 5.73 Å². The number of methoxy groups -OCH3 is 1. The summed E-state index contributed by atoms with van der Waals surface area (Å²) in [5.74, 6) is 1.04. The van der Waals surface area contributed by atoms with Gasteiger partial charge in [0.15, 0.2) is 5.78 Å². The number of rotatable bonds is 7. The topological polar surface area (TPSA) is 118 Å². The molecule has 1 fully saturated rings. The lowest BCUT2D eigenvalue weighted by Gasteiger charge is -2.28. The number of H-pyrrole nitrogens is 1. The van der Waals surface area contributed by atoms with Gasteiger partial charge in [0.05, 0.1) is 17.9 Å². The maximum absolute atomic E-state index is 13.0. The molecule has 1 aromatic heterocycles. The summed E-state index contributed by atoms with van der Waals surface area (Å²) in [7, 11) is 1.60. The molecule has 8 heteroatoms. The van der Waals surface area contributed by atoms with Crippen molar-refractivity contribution in [3.63, 3.8) is 0 Å². The van der Waals surface area contributed by atoms with Crippen LogP contribution in [0, 0.1) is 5.92 Å². The zero-order valence-electron chi connectivity index (χ0n) is 21.2. The van der Waals surface area contributed by atoms with Crippen LogP contribution in [0.25, 0.3) is 22.4 Å². The van der Waals surface area contributed by atoms with Gasteiger partial charge < -0.3 is 20.4 Å². The molecule has 3 N–H and O–H groups in total. The number of primary amides is 1. The van der Waals surface area contributed by atoms with Gasteiger partial charge in [0.25, 0.3) is 5.91 Å². The van der Waals surface area contributed by atoms with Crippen molar-refractivity contribution in [3.05, 3.63) is 66.1 Å². The van der Waals surface area contributed by atoms with Crippen LogP contribution in [0.4, 0.5) is 0 Å². The number of amides is 2. The second kappa shape index (κ2) is 12.3. The lowest BCUT2D eigenvalue weighted by molar-refractivity contribution is -0.145. The van der Waals surface area contributed by atoms with Gasteiger partial charge in [0.1, 0.15) is 11.9 Å². The molecule has 0 radical (unpaired) electrons. The number of hydrogen-bond acceptors (Lipinski definition) is 5. The summed E-state index contributed by atoms with van der Waals surface area (Å²) in [4.78, 5) is 43.1. The predicted octanol–water partition coefficient (Wildman–Crippen LogP) is 4.38. The standard InChI is InChI=1S/C27H31N3O3.CH3NO/c1-17(2)25(33-4)27(32)30-15-5-6-24(30)26-28-16-23(29-26)22-13-11-21(12-14-22)20-9-7-19(8-10-20)18(3)31;2-1-3/h7-14,16-17,24-25H,5-6,15H2,1-4H3,(H,28,29);1H,(H2,2,3)/t24?,25-;/m0./s1. The summed E-state index contributed by atoms with van der Waals surface area (Å²) < 4.78 is 5.47. The molecule has 1 aliphatic heterocycles. The molecule has 2 amide bonds. The highest BCUT2D eigenvalue weighted by Gasteiger charge is 2.36. The zero-order chi connectivity index (χ0) is 26.2. The third kappa shape index (κ3) is 6.07. The Morgan fingerprint density at radius 2 is 1.64 bits per heavy atom. The van der Waals surface area contributed by atoms with Crippen molar-refractivity contribution >= 4 is 18.1 Å². The van der Waals surface area contributed by atoms with Crippen molar-refractivity contribution in [3.8, 4) is 22.4 Å². The molecule has 1 unspecified atom stereocenters. The molecule has 8 nitrogen and oxygen atoms in total. The van der Waals surface area contributed by atoms with Gasteiger partial charge >= 0.3 is 0 Å².